The predicted molar refractivity (Wildman–Crippen MR) is 69.7 cm³/mol. The second kappa shape index (κ2) is 5.50. The van der Waals surface area contributed by atoms with Gasteiger partial charge in [0.2, 0.25) is 0 Å². The van der Waals surface area contributed by atoms with Crippen LogP contribution < -0.4 is 5.32 Å². The molecular formula is C14H28N2. The number of hydrogen-bond donors (Lipinski definition) is 1. The van der Waals surface area contributed by atoms with E-state index in [2.05, 4.69) is 31.0 Å². The van der Waals surface area contributed by atoms with Gasteiger partial charge in [0, 0.05) is 24.7 Å². The quantitative estimate of drug-likeness (QED) is 0.746. The Morgan fingerprint density at radius 3 is 2.50 bits per heavy atom. The van der Waals surface area contributed by atoms with Crippen LogP contribution in [-0.2, 0) is 0 Å². The lowest BCUT2D eigenvalue weighted by Crippen LogP contribution is -2.41. The molecule has 0 aromatic heterocycles. The van der Waals surface area contributed by atoms with Gasteiger partial charge < -0.3 is 5.32 Å². The van der Waals surface area contributed by atoms with Gasteiger partial charge in [-0.15, -0.1) is 0 Å². The molecule has 1 heterocycles. The summed E-state index contributed by atoms with van der Waals surface area (Å²) < 4.78 is 0. The van der Waals surface area contributed by atoms with Gasteiger partial charge in [-0.3, -0.25) is 4.90 Å². The van der Waals surface area contributed by atoms with Crippen LogP contribution in [0.25, 0.3) is 0 Å². The van der Waals surface area contributed by atoms with Crippen molar-refractivity contribution in [1.29, 1.82) is 0 Å². The molecule has 0 aromatic rings. The van der Waals surface area contributed by atoms with Crippen LogP contribution in [0.4, 0.5) is 0 Å². The van der Waals surface area contributed by atoms with Crippen molar-refractivity contribution in [3.63, 3.8) is 0 Å². The summed E-state index contributed by atoms with van der Waals surface area (Å²) in [4.78, 5) is 2.60. The van der Waals surface area contributed by atoms with E-state index < -0.39 is 0 Å². The van der Waals surface area contributed by atoms with E-state index in [1.165, 1.54) is 45.2 Å². The van der Waals surface area contributed by atoms with Crippen LogP contribution in [0.2, 0.25) is 0 Å². The van der Waals surface area contributed by atoms with E-state index in [0.717, 1.165) is 24.0 Å². The standard InChI is InChI=1S/C14H28N2/c1-4-13(9-12-5-6-12)15-14-7-8-16(10-14)11(2)3/h11-15H,4-10H2,1-3H3. The summed E-state index contributed by atoms with van der Waals surface area (Å²) in [5.74, 6) is 1.06. The SMILES string of the molecule is CCC(CC1CC1)NC1CCN(C(C)C)C1. The molecule has 1 N–H and O–H groups in total. The predicted octanol–water partition coefficient (Wildman–Crippen LogP) is 2.64. The highest BCUT2D eigenvalue weighted by Gasteiger charge is 2.29. The summed E-state index contributed by atoms with van der Waals surface area (Å²) in [6.07, 6.45) is 7.05. The van der Waals surface area contributed by atoms with Crippen LogP contribution in [-0.4, -0.2) is 36.1 Å². The molecule has 2 unspecified atom stereocenters. The topological polar surface area (TPSA) is 15.3 Å². The lowest BCUT2D eigenvalue weighted by Gasteiger charge is -2.24. The molecule has 1 aliphatic heterocycles. The van der Waals surface area contributed by atoms with Gasteiger partial charge in [-0.1, -0.05) is 19.8 Å². The Morgan fingerprint density at radius 1 is 1.25 bits per heavy atom. The van der Waals surface area contributed by atoms with Gasteiger partial charge in [0.15, 0.2) is 0 Å². The number of hydrogen-bond acceptors (Lipinski definition) is 2. The molecule has 0 spiro atoms. The minimum absolute atomic E-state index is 0.718. The zero-order valence-electron chi connectivity index (χ0n) is 11.2. The number of rotatable bonds is 6. The average Bonchev–Trinajstić information content (AvgIpc) is 2.93. The lowest BCUT2D eigenvalue weighted by molar-refractivity contribution is 0.263. The Hall–Kier alpha value is -0.0800. The minimum atomic E-state index is 0.718. The molecule has 2 nitrogen and oxygen atoms in total. The largest absolute Gasteiger partial charge is 0.310 e. The monoisotopic (exact) mass is 224 g/mol. The van der Waals surface area contributed by atoms with E-state index in [0.29, 0.717) is 0 Å². The minimum Gasteiger partial charge on any atom is -0.310 e. The summed E-state index contributed by atoms with van der Waals surface area (Å²) in [6.45, 7) is 9.50. The maximum Gasteiger partial charge on any atom is 0.0209 e. The summed E-state index contributed by atoms with van der Waals surface area (Å²) in [6, 6.07) is 2.26. The summed E-state index contributed by atoms with van der Waals surface area (Å²) in [5.41, 5.74) is 0. The van der Waals surface area contributed by atoms with E-state index in [-0.39, 0.29) is 0 Å². The highest BCUT2D eigenvalue weighted by atomic mass is 15.2. The first-order valence-electron chi connectivity index (χ1n) is 7.19. The Labute approximate surface area is 101 Å². The first-order chi connectivity index (χ1) is 7.69. The zero-order valence-corrected chi connectivity index (χ0v) is 11.2. The molecule has 1 aliphatic carbocycles. The van der Waals surface area contributed by atoms with Crippen LogP contribution in [0, 0.1) is 5.92 Å². The maximum absolute atomic E-state index is 3.88. The van der Waals surface area contributed by atoms with E-state index in [1.807, 2.05) is 0 Å². The van der Waals surface area contributed by atoms with Crippen molar-refractivity contribution in [3.8, 4) is 0 Å². The Morgan fingerprint density at radius 2 is 2.00 bits per heavy atom. The molecule has 2 rings (SSSR count). The van der Waals surface area contributed by atoms with Crippen molar-refractivity contribution in [1.82, 2.24) is 10.2 Å². The summed E-state index contributed by atoms with van der Waals surface area (Å²) in [7, 11) is 0. The molecule has 0 radical (unpaired) electrons. The highest BCUT2D eigenvalue weighted by Crippen LogP contribution is 2.34. The first-order valence-corrected chi connectivity index (χ1v) is 7.19. The van der Waals surface area contributed by atoms with Crippen LogP contribution in [0.5, 0.6) is 0 Å². The van der Waals surface area contributed by atoms with Gasteiger partial charge in [-0.05, 0) is 45.6 Å². The fourth-order valence-electron chi connectivity index (χ4n) is 2.83. The Bertz CT molecular complexity index is 211. The van der Waals surface area contributed by atoms with Gasteiger partial charge in [-0.25, -0.2) is 0 Å². The number of likely N-dealkylation sites (tertiary alicyclic amines) is 1. The molecule has 2 atom stereocenters. The van der Waals surface area contributed by atoms with Gasteiger partial charge >= 0.3 is 0 Å². The van der Waals surface area contributed by atoms with E-state index in [9.17, 15) is 0 Å². The van der Waals surface area contributed by atoms with Crippen molar-refractivity contribution < 1.29 is 0 Å². The third-order valence-electron chi connectivity index (χ3n) is 4.23. The summed E-state index contributed by atoms with van der Waals surface area (Å²) in [5, 5.41) is 3.88. The molecule has 16 heavy (non-hydrogen) atoms. The van der Waals surface area contributed by atoms with E-state index in [1.54, 1.807) is 0 Å². The van der Waals surface area contributed by atoms with Crippen molar-refractivity contribution in [3.05, 3.63) is 0 Å². The van der Waals surface area contributed by atoms with Crippen molar-refractivity contribution in [2.45, 2.75) is 71.0 Å². The Kier molecular flexibility index (Phi) is 4.26. The first kappa shape index (κ1) is 12.4. The second-order valence-electron chi connectivity index (χ2n) is 6.03. The van der Waals surface area contributed by atoms with Gasteiger partial charge in [-0.2, -0.15) is 0 Å². The molecule has 2 aliphatic rings. The molecule has 94 valence electrons. The third kappa shape index (κ3) is 3.46. The smallest absolute Gasteiger partial charge is 0.0209 e. The van der Waals surface area contributed by atoms with Crippen LogP contribution in [0.15, 0.2) is 0 Å². The van der Waals surface area contributed by atoms with Gasteiger partial charge in [0.1, 0.15) is 0 Å². The van der Waals surface area contributed by atoms with Gasteiger partial charge in [0.05, 0.1) is 0 Å². The summed E-state index contributed by atoms with van der Waals surface area (Å²) >= 11 is 0. The fourth-order valence-corrected chi connectivity index (χ4v) is 2.83. The Balaban J connectivity index is 1.71. The van der Waals surface area contributed by atoms with Crippen molar-refractivity contribution >= 4 is 0 Å². The highest BCUT2D eigenvalue weighted by molar-refractivity contribution is 4.87. The number of nitrogens with one attached hydrogen (secondary N) is 1. The molecule has 0 bridgehead atoms. The fraction of sp³-hybridized carbons (Fsp3) is 1.00. The second-order valence-corrected chi connectivity index (χ2v) is 6.03. The third-order valence-corrected chi connectivity index (χ3v) is 4.23. The van der Waals surface area contributed by atoms with Gasteiger partial charge in [0.25, 0.3) is 0 Å². The van der Waals surface area contributed by atoms with Crippen LogP contribution in [0.3, 0.4) is 0 Å². The van der Waals surface area contributed by atoms with Crippen molar-refractivity contribution in [2.24, 2.45) is 5.92 Å². The maximum atomic E-state index is 3.88. The molecular weight excluding hydrogens is 196 g/mol. The van der Waals surface area contributed by atoms with E-state index >= 15 is 0 Å². The van der Waals surface area contributed by atoms with Crippen molar-refractivity contribution in [2.75, 3.05) is 13.1 Å². The molecule has 1 saturated heterocycles. The molecule has 2 fully saturated rings. The number of nitrogens with zero attached hydrogens (tertiary/aromatic N) is 1. The molecule has 0 amide bonds. The van der Waals surface area contributed by atoms with Crippen LogP contribution >= 0.6 is 0 Å². The zero-order chi connectivity index (χ0) is 11.5. The van der Waals surface area contributed by atoms with Crippen LogP contribution in [0.1, 0.15) is 52.9 Å². The lowest BCUT2D eigenvalue weighted by atomic mass is 10.1. The average molecular weight is 224 g/mol. The molecule has 0 aromatic carbocycles. The molecule has 1 saturated carbocycles. The molecule has 2 heteroatoms. The van der Waals surface area contributed by atoms with E-state index in [4.69, 9.17) is 0 Å². The normalized spacial score (nSPS) is 28.9.